The summed E-state index contributed by atoms with van der Waals surface area (Å²) in [7, 11) is 0. The summed E-state index contributed by atoms with van der Waals surface area (Å²) >= 11 is 0. The van der Waals surface area contributed by atoms with E-state index < -0.39 is 23.2 Å². The van der Waals surface area contributed by atoms with Crippen molar-refractivity contribution in [1.29, 1.82) is 0 Å². The van der Waals surface area contributed by atoms with Crippen molar-refractivity contribution in [2.45, 2.75) is 32.7 Å². The number of nitrogens with zero attached hydrogens (tertiary/aromatic N) is 3. The molecule has 2 aliphatic rings. The van der Waals surface area contributed by atoms with Gasteiger partial charge in [0.15, 0.2) is 11.3 Å². The number of hydrazone groups is 2. The van der Waals surface area contributed by atoms with Crippen molar-refractivity contribution in [1.82, 2.24) is 5.43 Å². The number of hydrogen-bond acceptors (Lipinski definition) is 5. The van der Waals surface area contributed by atoms with Gasteiger partial charge in [0.1, 0.15) is 5.82 Å². The minimum atomic E-state index is -1.65. The van der Waals surface area contributed by atoms with Crippen LogP contribution in [0.25, 0.3) is 5.57 Å². The lowest BCUT2D eigenvalue weighted by atomic mass is 9.84. The summed E-state index contributed by atoms with van der Waals surface area (Å²) in [6.45, 7) is 5.55. The van der Waals surface area contributed by atoms with E-state index >= 15 is 0 Å². The first kappa shape index (κ1) is 22.1. The molecule has 0 aromatic heterocycles. The van der Waals surface area contributed by atoms with Crippen LogP contribution in [0.4, 0.5) is 10.1 Å². The number of carbonyl (C=O) groups is 2. The molecule has 1 aliphatic heterocycles. The maximum atomic E-state index is 14.3. The smallest absolute Gasteiger partial charge is 0.335 e. The van der Waals surface area contributed by atoms with Gasteiger partial charge < -0.3 is 5.11 Å². The summed E-state index contributed by atoms with van der Waals surface area (Å²) in [5.74, 6) is -2.10. The third kappa shape index (κ3) is 4.07. The van der Waals surface area contributed by atoms with Crippen molar-refractivity contribution in [3.8, 4) is 0 Å². The number of aliphatic carboxylic acids is 1. The van der Waals surface area contributed by atoms with Gasteiger partial charge in [-0.15, -0.1) is 0 Å². The zero-order chi connectivity index (χ0) is 23.8. The number of allylic oxidation sites excluding steroid dienone is 2. The van der Waals surface area contributed by atoms with E-state index in [1.165, 1.54) is 17.2 Å². The molecule has 0 bridgehead atoms. The number of halogens is 1. The Morgan fingerprint density at radius 3 is 2.64 bits per heavy atom. The fourth-order valence-electron chi connectivity index (χ4n) is 3.74. The fourth-order valence-corrected chi connectivity index (χ4v) is 3.74. The van der Waals surface area contributed by atoms with E-state index in [1.807, 2.05) is 26.0 Å². The Balaban J connectivity index is 1.61. The van der Waals surface area contributed by atoms with Crippen molar-refractivity contribution in [2.75, 3.05) is 5.01 Å². The average Bonchev–Trinajstić information content (AvgIpc) is 3.08. The van der Waals surface area contributed by atoms with E-state index in [4.69, 9.17) is 0 Å². The first-order valence-electron chi connectivity index (χ1n) is 10.4. The maximum Gasteiger partial charge on any atom is 0.335 e. The number of amides is 1. The number of rotatable bonds is 5. The lowest BCUT2D eigenvalue weighted by Gasteiger charge is -2.29. The minimum Gasteiger partial charge on any atom is -0.479 e. The van der Waals surface area contributed by atoms with Crippen molar-refractivity contribution in [3.63, 3.8) is 0 Å². The molecule has 33 heavy (non-hydrogen) atoms. The first-order valence-corrected chi connectivity index (χ1v) is 10.4. The standard InChI is InChI=1S/C25H23FN4O3/c1-15-10-11-19(13-16(15)2)30-23(31)22(17(3)28-30)27-29-25(24(32)33)12-6-7-18(14-25)20-8-4-5-9-21(20)26/h4-13,29H,14H2,1-3H3,(H,32,33). The van der Waals surface area contributed by atoms with E-state index in [9.17, 15) is 19.1 Å². The topological polar surface area (TPSA) is 94.4 Å². The van der Waals surface area contributed by atoms with Crippen molar-refractivity contribution < 1.29 is 19.1 Å². The Labute approximate surface area is 190 Å². The molecule has 2 aromatic rings. The molecule has 1 atom stereocenters. The molecule has 1 amide bonds. The van der Waals surface area contributed by atoms with Gasteiger partial charge in [0.05, 0.1) is 11.4 Å². The van der Waals surface area contributed by atoms with Crippen molar-refractivity contribution >= 4 is 34.6 Å². The van der Waals surface area contributed by atoms with Crippen molar-refractivity contribution in [2.24, 2.45) is 10.2 Å². The van der Waals surface area contributed by atoms with Crippen LogP contribution >= 0.6 is 0 Å². The Hall–Kier alpha value is -4.07. The van der Waals surface area contributed by atoms with Crippen LogP contribution in [0, 0.1) is 19.7 Å². The predicted molar refractivity (Wildman–Crippen MR) is 126 cm³/mol. The lowest BCUT2D eigenvalue weighted by Crippen LogP contribution is -2.50. The summed E-state index contributed by atoms with van der Waals surface area (Å²) in [6, 6.07) is 11.7. The molecule has 7 nitrogen and oxygen atoms in total. The van der Waals surface area contributed by atoms with Gasteiger partial charge >= 0.3 is 11.9 Å². The van der Waals surface area contributed by atoms with Gasteiger partial charge in [-0.25, -0.2) is 9.18 Å². The van der Waals surface area contributed by atoms with Gasteiger partial charge in [-0.1, -0.05) is 36.4 Å². The second-order valence-corrected chi connectivity index (χ2v) is 8.13. The van der Waals surface area contributed by atoms with E-state index in [-0.39, 0.29) is 12.1 Å². The molecule has 2 aromatic carbocycles. The van der Waals surface area contributed by atoms with Crippen LogP contribution in [0.1, 0.15) is 30.0 Å². The summed E-state index contributed by atoms with van der Waals surface area (Å²) in [5, 5.41) is 19.7. The number of carbonyl (C=O) groups excluding carboxylic acids is 1. The molecule has 8 heteroatoms. The Morgan fingerprint density at radius 1 is 1.18 bits per heavy atom. The molecule has 0 fully saturated rings. The summed E-state index contributed by atoms with van der Waals surface area (Å²) < 4.78 is 14.3. The van der Waals surface area contributed by atoms with Gasteiger partial charge in [0, 0.05) is 12.0 Å². The van der Waals surface area contributed by atoms with Crippen LogP contribution in [-0.2, 0) is 9.59 Å². The van der Waals surface area contributed by atoms with Crippen LogP contribution in [0.15, 0.2) is 70.9 Å². The molecular formula is C25H23FN4O3. The quantitative estimate of drug-likeness (QED) is 0.680. The fraction of sp³-hybridized carbons (Fsp3) is 0.200. The lowest BCUT2D eigenvalue weighted by molar-refractivity contribution is -0.142. The van der Waals surface area contributed by atoms with Crippen LogP contribution in [-0.4, -0.2) is 33.9 Å². The van der Waals surface area contributed by atoms with Gasteiger partial charge in [0.2, 0.25) is 0 Å². The van der Waals surface area contributed by atoms with E-state index in [1.54, 1.807) is 43.3 Å². The average molecular weight is 446 g/mol. The molecule has 1 heterocycles. The second-order valence-electron chi connectivity index (χ2n) is 8.13. The second kappa shape index (κ2) is 8.46. The molecule has 1 unspecified atom stereocenters. The Morgan fingerprint density at radius 2 is 1.94 bits per heavy atom. The summed E-state index contributed by atoms with van der Waals surface area (Å²) in [6.07, 6.45) is 4.60. The van der Waals surface area contributed by atoms with Crippen molar-refractivity contribution in [3.05, 3.63) is 83.2 Å². The molecule has 2 N–H and O–H groups in total. The van der Waals surface area contributed by atoms with Gasteiger partial charge in [-0.2, -0.15) is 15.2 Å². The highest BCUT2D eigenvalue weighted by atomic mass is 19.1. The minimum absolute atomic E-state index is 0.0178. The molecule has 4 rings (SSSR count). The largest absolute Gasteiger partial charge is 0.479 e. The number of benzene rings is 2. The molecule has 0 spiro atoms. The Bertz CT molecular complexity index is 1280. The van der Waals surface area contributed by atoms with E-state index in [2.05, 4.69) is 15.6 Å². The number of aryl methyl sites for hydroxylation is 2. The normalized spacial score (nSPS) is 21.3. The summed E-state index contributed by atoms with van der Waals surface area (Å²) in [5.41, 5.74) is 4.92. The zero-order valence-corrected chi connectivity index (χ0v) is 18.5. The van der Waals surface area contributed by atoms with Crippen LogP contribution in [0.5, 0.6) is 0 Å². The number of anilines is 1. The first-order chi connectivity index (χ1) is 15.7. The monoisotopic (exact) mass is 446 g/mol. The van der Waals surface area contributed by atoms with Gasteiger partial charge in [-0.3, -0.25) is 10.2 Å². The SMILES string of the molecule is CC1=NN(c2ccc(C)c(C)c2)C(=O)C1=NNC1(C(=O)O)C=CC=C(c2ccccc2F)C1. The molecule has 168 valence electrons. The van der Waals surface area contributed by atoms with Crippen LogP contribution in [0.3, 0.4) is 0 Å². The van der Waals surface area contributed by atoms with Gasteiger partial charge in [0.25, 0.3) is 0 Å². The highest BCUT2D eigenvalue weighted by Gasteiger charge is 2.40. The molecule has 0 saturated carbocycles. The number of carboxylic acid groups (broad SMARTS) is 1. The molecular weight excluding hydrogens is 423 g/mol. The third-order valence-electron chi connectivity index (χ3n) is 5.84. The number of carboxylic acids is 1. The summed E-state index contributed by atoms with van der Waals surface area (Å²) in [4.78, 5) is 25.2. The number of nitrogens with one attached hydrogen (secondary N) is 1. The molecule has 1 aliphatic carbocycles. The third-order valence-corrected chi connectivity index (χ3v) is 5.84. The van der Waals surface area contributed by atoms with Crippen LogP contribution in [0.2, 0.25) is 0 Å². The van der Waals surface area contributed by atoms with E-state index in [0.29, 0.717) is 22.5 Å². The Kier molecular flexibility index (Phi) is 5.68. The highest BCUT2D eigenvalue weighted by molar-refractivity contribution is 6.71. The zero-order valence-electron chi connectivity index (χ0n) is 18.5. The molecule has 0 radical (unpaired) electrons. The number of hydrogen-bond donors (Lipinski definition) is 2. The predicted octanol–water partition coefficient (Wildman–Crippen LogP) is 3.98. The van der Waals surface area contributed by atoms with E-state index in [0.717, 1.165) is 11.1 Å². The maximum absolute atomic E-state index is 14.3. The molecule has 0 saturated heterocycles. The highest BCUT2D eigenvalue weighted by Crippen LogP contribution is 2.32. The van der Waals surface area contributed by atoms with Crippen LogP contribution < -0.4 is 10.4 Å². The van der Waals surface area contributed by atoms with Gasteiger partial charge in [-0.05, 0) is 61.7 Å².